The van der Waals surface area contributed by atoms with E-state index in [2.05, 4.69) is 88.0 Å². The van der Waals surface area contributed by atoms with Crippen LogP contribution in [-0.4, -0.2) is 28.8 Å². The third-order valence-electron chi connectivity index (χ3n) is 11.0. The molecule has 0 amide bonds. The third-order valence-corrected chi connectivity index (χ3v) is 20.0. The van der Waals surface area contributed by atoms with Crippen LogP contribution < -0.4 is 0 Å². The molecule has 4 rings (SSSR count). The summed E-state index contributed by atoms with van der Waals surface area (Å²) >= 11 is -0.826. The van der Waals surface area contributed by atoms with Crippen molar-refractivity contribution >= 4 is 33.7 Å². The van der Waals surface area contributed by atoms with Crippen molar-refractivity contribution in [3.63, 3.8) is 0 Å². The number of halogens is 2. The Bertz CT molecular complexity index is 694. The molecule has 4 fully saturated rings. The number of hydrogen-bond donors (Lipinski definition) is 0. The number of hydrogen-bond acceptors (Lipinski definition) is 2. The molecule has 0 N–H and O–H groups in total. The van der Waals surface area contributed by atoms with Gasteiger partial charge in [0, 0.05) is 6.10 Å². The Morgan fingerprint density at radius 3 is 1.65 bits per heavy atom. The molecule has 0 aromatic carbocycles. The first-order valence-corrected chi connectivity index (χ1v) is 28.3. The standard InChI is InChI=1S/C16H31OSi.C15H29OSi.C2H5.2ClH.Zr/c1-12-14-10-8-7-9-13(14)11-15(12)17-18(5,6)16(2,3)4;1-15(2,3)17(4,5)16-14-10-12-8-6-7-9-13(12)11-14;1-2;;;/h12-15H,1,7-11H2,2-6H3;10,12-14H,6-9,11H2,1-5H3;1H2,2H3;2*1H;/q3*-1;;;+2/p-2. The van der Waals surface area contributed by atoms with Gasteiger partial charge in [-0.05, 0) is 48.6 Å². The van der Waals surface area contributed by atoms with Gasteiger partial charge in [-0.25, -0.2) is 0 Å². The zero-order chi connectivity index (χ0) is 30.9. The molecule has 0 bridgehead atoms. The SMILES string of the molecule is CC(C)(C)[Si](C)(C)OC1[CH-]C2CCCCC2C1.[CH2-]C.[CH2-]C1C(O[Si](C)(C)C(C)(C)C)CC2CCCCC21.[Cl][Zr][Cl]. The molecule has 0 spiro atoms. The second-order valence-corrected chi connectivity index (χ2v) is 28.9. The van der Waals surface area contributed by atoms with E-state index in [1.165, 1.54) is 64.2 Å². The van der Waals surface area contributed by atoms with Crippen molar-refractivity contribution in [2.75, 3.05) is 0 Å². The van der Waals surface area contributed by atoms with Crippen molar-refractivity contribution < 1.29 is 29.7 Å². The van der Waals surface area contributed by atoms with Gasteiger partial charge in [-0.3, -0.25) is 6.42 Å². The molecule has 0 saturated heterocycles. The minimum atomic E-state index is -1.62. The molecular weight excluding hydrogens is 647 g/mol. The Morgan fingerprint density at radius 1 is 0.725 bits per heavy atom. The zero-order valence-electron chi connectivity index (χ0n) is 28.2. The van der Waals surface area contributed by atoms with Crippen LogP contribution >= 0.6 is 17.0 Å². The average Bonchev–Trinajstić information content (AvgIpc) is 3.39. The summed E-state index contributed by atoms with van der Waals surface area (Å²) in [4.78, 5) is 0. The van der Waals surface area contributed by atoms with Gasteiger partial charge in [0.15, 0.2) is 16.6 Å². The van der Waals surface area contributed by atoms with Crippen molar-refractivity contribution in [2.24, 2.45) is 29.6 Å². The molecule has 4 aliphatic carbocycles. The van der Waals surface area contributed by atoms with Gasteiger partial charge in [-0.1, -0.05) is 117 Å². The van der Waals surface area contributed by atoms with E-state index in [0.29, 0.717) is 28.2 Å². The molecule has 0 aliphatic heterocycles. The first-order chi connectivity index (χ1) is 18.4. The van der Waals surface area contributed by atoms with Gasteiger partial charge in [-0.2, -0.15) is 12.8 Å². The van der Waals surface area contributed by atoms with Crippen LogP contribution in [0.2, 0.25) is 36.3 Å². The van der Waals surface area contributed by atoms with Crippen LogP contribution in [0, 0.1) is 49.9 Å². The molecule has 2 nitrogen and oxygen atoms in total. The molecule has 7 atom stereocenters. The fourth-order valence-electron chi connectivity index (χ4n) is 6.61. The van der Waals surface area contributed by atoms with Crippen molar-refractivity contribution in [2.45, 2.75) is 161 Å². The van der Waals surface area contributed by atoms with Crippen LogP contribution in [0.3, 0.4) is 0 Å². The Kier molecular flexibility index (Phi) is 17.4. The molecule has 0 aromatic rings. The Morgan fingerprint density at radius 2 is 1.18 bits per heavy atom. The van der Waals surface area contributed by atoms with Gasteiger partial charge in [-0.15, -0.1) is 5.92 Å². The van der Waals surface area contributed by atoms with Gasteiger partial charge in [0.1, 0.15) is 0 Å². The van der Waals surface area contributed by atoms with Crippen LogP contribution in [0.25, 0.3) is 0 Å². The predicted molar refractivity (Wildman–Crippen MR) is 180 cm³/mol. The summed E-state index contributed by atoms with van der Waals surface area (Å²) in [5.74, 6) is 4.13. The van der Waals surface area contributed by atoms with E-state index in [0.717, 1.165) is 23.7 Å². The van der Waals surface area contributed by atoms with Crippen molar-refractivity contribution in [1.82, 2.24) is 0 Å². The van der Waals surface area contributed by atoms with E-state index in [9.17, 15) is 0 Å². The molecule has 0 heterocycles. The summed E-state index contributed by atoms with van der Waals surface area (Å²) < 4.78 is 13.2. The van der Waals surface area contributed by atoms with Crippen LogP contribution in [0.1, 0.15) is 113 Å². The maximum atomic E-state index is 6.64. The third kappa shape index (κ3) is 11.6. The van der Waals surface area contributed by atoms with Gasteiger partial charge in [0.2, 0.25) is 0 Å². The van der Waals surface area contributed by atoms with E-state index < -0.39 is 37.5 Å². The summed E-state index contributed by atoms with van der Waals surface area (Å²) in [5, 5.41) is 0.662. The fourth-order valence-corrected chi connectivity index (χ4v) is 9.28. The van der Waals surface area contributed by atoms with Gasteiger partial charge >= 0.3 is 37.9 Å². The topological polar surface area (TPSA) is 18.5 Å². The summed E-state index contributed by atoms with van der Waals surface area (Å²) in [6.07, 6.45) is 17.5. The quantitative estimate of drug-likeness (QED) is 0.213. The first kappa shape index (κ1) is 39.8. The van der Waals surface area contributed by atoms with E-state index in [1.54, 1.807) is 6.92 Å². The monoisotopic (exact) mass is 709 g/mol. The van der Waals surface area contributed by atoms with E-state index >= 15 is 0 Å². The minimum absolute atomic E-state index is 0.320. The fraction of sp³-hybridized carbons (Fsp3) is 0.909. The normalized spacial score (nSPS) is 32.2. The molecule has 238 valence electrons. The summed E-state index contributed by atoms with van der Waals surface area (Å²) in [7, 11) is 6.69. The van der Waals surface area contributed by atoms with Crippen LogP contribution in [0.15, 0.2) is 0 Å². The van der Waals surface area contributed by atoms with Gasteiger partial charge < -0.3 is 22.7 Å². The first-order valence-electron chi connectivity index (χ1n) is 16.1. The Balaban J connectivity index is 0.000000345. The maximum absolute atomic E-state index is 6.64. The number of rotatable bonds is 4. The summed E-state index contributed by atoms with van der Waals surface area (Å²) in [5.41, 5.74) is 0. The zero-order valence-corrected chi connectivity index (χ0v) is 34.1. The predicted octanol–water partition coefficient (Wildman–Crippen LogP) is 12.0. The van der Waals surface area contributed by atoms with E-state index in [1.807, 2.05) is 0 Å². The summed E-state index contributed by atoms with van der Waals surface area (Å²) in [6.45, 7) is 33.0. The molecule has 7 heteroatoms. The van der Waals surface area contributed by atoms with Gasteiger partial charge in [0.05, 0.1) is 0 Å². The van der Waals surface area contributed by atoms with Gasteiger partial charge in [0.25, 0.3) is 0 Å². The van der Waals surface area contributed by atoms with Crippen molar-refractivity contribution in [1.29, 1.82) is 0 Å². The van der Waals surface area contributed by atoms with E-state index in [-0.39, 0.29) is 0 Å². The Labute approximate surface area is 272 Å². The molecular formula is C33H65Cl2O2Si2Zr-3. The summed E-state index contributed by atoms with van der Waals surface area (Å²) in [6, 6.07) is 0. The second-order valence-electron chi connectivity index (χ2n) is 15.6. The number of fused-ring (bicyclic) bond motifs is 2. The molecule has 4 saturated carbocycles. The van der Waals surface area contributed by atoms with E-state index in [4.69, 9.17) is 25.9 Å². The van der Waals surface area contributed by atoms with Crippen LogP contribution in [0.4, 0.5) is 0 Å². The molecule has 0 radical (unpaired) electrons. The van der Waals surface area contributed by atoms with Crippen LogP contribution in [0.5, 0.6) is 0 Å². The van der Waals surface area contributed by atoms with Crippen molar-refractivity contribution in [3.8, 4) is 0 Å². The molecule has 4 aliphatic rings. The second kappa shape index (κ2) is 17.5. The average molecular weight is 712 g/mol. The molecule has 7 unspecified atom stereocenters. The Hall–Kier alpha value is 1.82. The molecule has 0 aromatic heterocycles. The molecule has 40 heavy (non-hydrogen) atoms. The van der Waals surface area contributed by atoms with Crippen LogP contribution in [-0.2, 0) is 29.7 Å². The van der Waals surface area contributed by atoms with Crippen molar-refractivity contribution in [3.05, 3.63) is 20.3 Å².